The van der Waals surface area contributed by atoms with Gasteiger partial charge < -0.3 is 0 Å². The minimum Gasteiger partial charge on any atom is -0.287 e. The molecule has 0 spiro atoms. The molecule has 0 N–H and O–H groups in total. The number of hydrogen-bond donors (Lipinski definition) is 0. The normalized spacial score (nSPS) is 12.5. The van der Waals surface area contributed by atoms with E-state index in [1.54, 1.807) is 0 Å². The van der Waals surface area contributed by atoms with E-state index in [-0.39, 0.29) is 13.2 Å². The molecule has 0 bridgehead atoms. The molecular weight excluding hydrogens is 442 g/mol. The van der Waals surface area contributed by atoms with E-state index in [1.165, 1.54) is 0 Å². The lowest BCUT2D eigenvalue weighted by Gasteiger charge is -2.18. The van der Waals surface area contributed by atoms with E-state index in [1.807, 2.05) is 27.7 Å². The molecule has 188 valence electrons. The zero-order valence-corrected chi connectivity index (χ0v) is 22.0. The molecule has 0 saturated carbocycles. The molecule has 0 unspecified atom stereocenters. The summed E-state index contributed by atoms with van der Waals surface area (Å²) in [7, 11) is -7.02. The van der Waals surface area contributed by atoms with Gasteiger partial charge in [-0.25, -0.2) is 9.13 Å². The number of hydrogen-bond acceptors (Lipinski definition) is 8. The molecule has 0 atom stereocenters. The van der Waals surface area contributed by atoms with E-state index < -0.39 is 15.6 Å². The van der Waals surface area contributed by atoms with Crippen LogP contribution in [0.3, 0.4) is 0 Å². The van der Waals surface area contributed by atoms with E-state index in [2.05, 4.69) is 0 Å². The maximum atomic E-state index is 12.7. The number of phosphoric acid groups is 2. The molecule has 31 heavy (non-hydrogen) atoms. The van der Waals surface area contributed by atoms with Gasteiger partial charge in [0.05, 0.1) is 39.6 Å². The second-order valence-corrected chi connectivity index (χ2v) is 10.7. The standard InChI is InChI=1S/C21H46O8P2/c1-5-9-16-24-30(22,25-17-10-6-2)28-20-14-13-15-21-29-31(23,26-18-11-7-3)27-19-12-8-4/h5-21H2,1-4H3. The zero-order valence-electron chi connectivity index (χ0n) is 20.2. The molecule has 0 aromatic rings. The van der Waals surface area contributed by atoms with Gasteiger partial charge in [-0.05, 0) is 44.9 Å². The first-order valence-electron chi connectivity index (χ1n) is 12.0. The summed E-state index contributed by atoms with van der Waals surface area (Å²) < 4.78 is 57.9. The summed E-state index contributed by atoms with van der Waals surface area (Å²) in [4.78, 5) is 0. The van der Waals surface area contributed by atoms with Gasteiger partial charge in [-0.15, -0.1) is 0 Å². The quantitative estimate of drug-likeness (QED) is 0.101. The van der Waals surface area contributed by atoms with Crippen molar-refractivity contribution in [2.75, 3.05) is 39.6 Å². The topological polar surface area (TPSA) is 89.5 Å². The Morgan fingerprint density at radius 3 is 0.839 bits per heavy atom. The van der Waals surface area contributed by atoms with Crippen LogP contribution in [0.2, 0.25) is 0 Å². The van der Waals surface area contributed by atoms with Crippen LogP contribution >= 0.6 is 15.6 Å². The van der Waals surface area contributed by atoms with E-state index >= 15 is 0 Å². The second-order valence-electron chi connectivity index (χ2n) is 7.37. The predicted octanol–water partition coefficient (Wildman–Crippen LogP) is 7.67. The third-order valence-corrected chi connectivity index (χ3v) is 7.27. The Bertz CT molecular complexity index is 420. The summed E-state index contributed by atoms with van der Waals surface area (Å²) in [6, 6.07) is 0. The third-order valence-electron chi connectivity index (χ3n) is 4.28. The molecule has 0 radical (unpaired) electrons. The first-order chi connectivity index (χ1) is 14.9. The maximum Gasteiger partial charge on any atom is 0.474 e. The fourth-order valence-electron chi connectivity index (χ4n) is 2.24. The van der Waals surface area contributed by atoms with Crippen LogP contribution in [0.4, 0.5) is 0 Å². The van der Waals surface area contributed by atoms with Gasteiger partial charge in [0.15, 0.2) is 0 Å². The first-order valence-corrected chi connectivity index (χ1v) is 14.9. The van der Waals surface area contributed by atoms with Crippen molar-refractivity contribution in [2.24, 2.45) is 0 Å². The van der Waals surface area contributed by atoms with Crippen molar-refractivity contribution in [1.29, 1.82) is 0 Å². The Balaban J connectivity index is 4.21. The summed E-state index contributed by atoms with van der Waals surface area (Å²) in [5.41, 5.74) is 0. The maximum absolute atomic E-state index is 12.7. The van der Waals surface area contributed by atoms with Crippen LogP contribution in [-0.2, 0) is 36.3 Å². The highest BCUT2D eigenvalue weighted by atomic mass is 31.2. The molecule has 0 rings (SSSR count). The average Bonchev–Trinajstić information content (AvgIpc) is 2.74. The molecule has 10 heteroatoms. The Morgan fingerprint density at radius 2 is 0.613 bits per heavy atom. The molecule has 0 aliphatic rings. The Morgan fingerprint density at radius 1 is 0.387 bits per heavy atom. The van der Waals surface area contributed by atoms with Crippen molar-refractivity contribution < 1.29 is 36.3 Å². The number of rotatable bonds is 24. The van der Waals surface area contributed by atoms with Gasteiger partial charge in [-0.2, -0.15) is 0 Å². The highest BCUT2D eigenvalue weighted by molar-refractivity contribution is 7.48. The lowest BCUT2D eigenvalue weighted by atomic mass is 10.2. The molecule has 8 nitrogen and oxygen atoms in total. The van der Waals surface area contributed by atoms with Crippen molar-refractivity contribution >= 4 is 15.6 Å². The summed E-state index contributed by atoms with van der Waals surface area (Å²) in [6.45, 7) is 10.1. The van der Waals surface area contributed by atoms with E-state index in [0.717, 1.165) is 57.8 Å². The Kier molecular flexibility index (Phi) is 20.9. The van der Waals surface area contributed by atoms with Crippen LogP contribution in [0, 0.1) is 0 Å². The molecule has 0 aromatic heterocycles. The fourth-order valence-corrected chi connectivity index (χ4v) is 4.80. The highest BCUT2D eigenvalue weighted by Gasteiger charge is 2.27. The molecule has 0 aliphatic heterocycles. The van der Waals surface area contributed by atoms with Gasteiger partial charge >= 0.3 is 15.6 Å². The van der Waals surface area contributed by atoms with Crippen molar-refractivity contribution in [1.82, 2.24) is 0 Å². The molecular formula is C21H46O8P2. The smallest absolute Gasteiger partial charge is 0.287 e. The first kappa shape index (κ1) is 31.2. The predicted molar refractivity (Wildman–Crippen MR) is 124 cm³/mol. The number of phosphoric ester groups is 2. The van der Waals surface area contributed by atoms with Gasteiger partial charge in [0, 0.05) is 0 Å². The van der Waals surface area contributed by atoms with Crippen molar-refractivity contribution in [3.63, 3.8) is 0 Å². The molecule has 0 fully saturated rings. The van der Waals surface area contributed by atoms with Crippen molar-refractivity contribution in [2.45, 2.75) is 98.3 Å². The fraction of sp³-hybridized carbons (Fsp3) is 1.00. The van der Waals surface area contributed by atoms with Gasteiger partial charge in [-0.1, -0.05) is 53.4 Å². The van der Waals surface area contributed by atoms with Crippen LogP contribution < -0.4 is 0 Å². The van der Waals surface area contributed by atoms with Gasteiger partial charge in [-0.3, -0.25) is 27.1 Å². The summed E-state index contributed by atoms with van der Waals surface area (Å²) >= 11 is 0. The van der Waals surface area contributed by atoms with Gasteiger partial charge in [0.2, 0.25) is 0 Å². The number of unbranched alkanes of at least 4 members (excludes halogenated alkanes) is 6. The summed E-state index contributed by atoms with van der Waals surface area (Å²) in [5.74, 6) is 0. The minimum absolute atomic E-state index is 0.271. The lowest BCUT2D eigenvalue weighted by Crippen LogP contribution is -2.05. The van der Waals surface area contributed by atoms with Gasteiger partial charge in [0.25, 0.3) is 0 Å². The van der Waals surface area contributed by atoms with Crippen molar-refractivity contribution in [3.8, 4) is 0 Å². The molecule has 0 saturated heterocycles. The summed E-state index contributed by atoms with van der Waals surface area (Å²) in [5, 5.41) is 0. The van der Waals surface area contributed by atoms with Crippen LogP contribution in [0.25, 0.3) is 0 Å². The second kappa shape index (κ2) is 20.8. The monoisotopic (exact) mass is 488 g/mol. The molecule has 0 aromatic carbocycles. The van der Waals surface area contributed by atoms with E-state index in [4.69, 9.17) is 27.1 Å². The Labute approximate surface area is 190 Å². The zero-order chi connectivity index (χ0) is 23.3. The van der Waals surface area contributed by atoms with Gasteiger partial charge in [0.1, 0.15) is 0 Å². The highest BCUT2D eigenvalue weighted by Crippen LogP contribution is 2.51. The SMILES string of the molecule is CCCCOP(=O)(OCCCC)OCCCCCOP(=O)(OCCCC)OCCCC. The molecule has 0 aliphatic carbocycles. The minimum atomic E-state index is -3.51. The lowest BCUT2D eigenvalue weighted by molar-refractivity contribution is 0.105. The van der Waals surface area contributed by atoms with E-state index in [0.29, 0.717) is 39.3 Å². The van der Waals surface area contributed by atoms with E-state index in [9.17, 15) is 9.13 Å². The molecule has 0 amide bonds. The van der Waals surface area contributed by atoms with Crippen molar-refractivity contribution in [3.05, 3.63) is 0 Å². The van der Waals surface area contributed by atoms with Crippen LogP contribution in [0.15, 0.2) is 0 Å². The summed E-state index contributed by atoms with van der Waals surface area (Å²) in [6.07, 6.45) is 9.11. The average molecular weight is 489 g/mol. The third kappa shape index (κ3) is 18.3. The van der Waals surface area contributed by atoms with Crippen LogP contribution in [0.5, 0.6) is 0 Å². The Hall–Kier alpha value is 0.220. The molecule has 0 heterocycles. The largest absolute Gasteiger partial charge is 0.474 e. The van der Waals surface area contributed by atoms with Crippen LogP contribution in [0.1, 0.15) is 98.3 Å². The van der Waals surface area contributed by atoms with Crippen LogP contribution in [-0.4, -0.2) is 39.6 Å².